The molecule has 2 aromatic carbocycles. The van der Waals surface area contributed by atoms with Crippen LogP contribution in [0, 0.1) is 0 Å². The van der Waals surface area contributed by atoms with E-state index in [1.807, 2.05) is 12.1 Å². The molecule has 28 heavy (non-hydrogen) atoms. The summed E-state index contributed by atoms with van der Waals surface area (Å²) in [6, 6.07) is 14.0. The van der Waals surface area contributed by atoms with Gasteiger partial charge in [0.1, 0.15) is 0 Å². The van der Waals surface area contributed by atoms with Crippen LogP contribution >= 0.6 is 11.6 Å². The van der Waals surface area contributed by atoms with Gasteiger partial charge >= 0.3 is 5.97 Å². The van der Waals surface area contributed by atoms with Crippen molar-refractivity contribution in [2.45, 2.75) is 19.4 Å². The maximum Gasteiger partial charge on any atom is 0.338 e. The second-order valence-corrected chi connectivity index (χ2v) is 6.83. The minimum Gasteiger partial charge on any atom is -0.452 e. The molecule has 6 nitrogen and oxygen atoms in total. The molecule has 1 aliphatic heterocycles. The molecule has 1 amide bonds. The summed E-state index contributed by atoms with van der Waals surface area (Å²) in [4.78, 5) is 29.9. The molecule has 0 unspecified atom stereocenters. The minimum absolute atomic E-state index is 0.0706. The first-order chi connectivity index (χ1) is 13.6. The van der Waals surface area contributed by atoms with E-state index in [1.165, 1.54) is 0 Å². The molecule has 0 radical (unpaired) electrons. The quantitative estimate of drug-likeness (QED) is 0.594. The Morgan fingerprint density at radius 1 is 1.14 bits per heavy atom. The molecule has 1 saturated heterocycles. The zero-order valence-corrected chi connectivity index (χ0v) is 15.7. The Kier molecular flexibility index (Phi) is 5.12. The highest BCUT2D eigenvalue weighted by Crippen LogP contribution is 2.24. The summed E-state index contributed by atoms with van der Waals surface area (Å²) in [7, 11) is 0. The van der Waals surface area contributed by atoms with Crippen molar-refractivity contribution in [2.75, 3.05) is 11.4 Å². The fourth-order valence-electron chi connectivity index (χ4n) is 3.03. The molecule has 0 N–H and O–H groups in total. The minimum atomic E-state index is -0.481. The van der Waals surface area contributed by atoms with E-state index in [0.717, 1.165) is 17.7 Å². The number of hydrogen-bond donors (Lipinski definition) is 0. The van der Waals surface area contributed by atoms with Gasteiger partial charge in [-0.2, -0.15) is 0 Å². The number of esters is 1. The smallest absolute Gasteiger partial charge is 0.338 e. The highest BCUT2D eigenvalue weighted by atomic mass is 35.5. The number of ether oxygens (including phenoxy) is 1. The Bertz CT molecular complexity index is 996. The molecule has 0 atom stereocenters. The molecule has 2 heterocycles. The molecule has 1 fully saturated rings. The second-order valence-electron chi connectivity index (χ2n) is 6.40. The fraction of sp³-hybridized carbons (Fsp3) is 0.190. The monoisotopic (exact) mass is 396 g/mol. The summed E-state index contributed by atoms with van der Waals surface area (Å²) < 4.78 is 10.9. The third-order valence-corrected chi connectivity index (χ3v) is 4.75. The number of carbonyl (C=O) groups is 2. The molecule has 0 aliphatic carbocycles. The van der Waals surface area contributed by atoms with Crippen molar-refractivity contribution < 1.29 is 18.7 Å². The first-order valence-corrected chi connectivity index (χ1v) is 9.26. The molecule has 4 rings (SSSR count). The van der Waals surface area contributed by atoms with E-state index < -0.39 is 5.97 Å². The van der Waals surface area contributed by atoms with Crippen LogP contribution < -0.4 is 4.90 Å². The standard InChI is InChI=1S/C21H17ClN2O4/c22-16-7-3-14(4-8-16)18-12-23-19(28-18)13-27-21(26)15-5-9-17(10-6-15)24-11-1-2-20(24)25/h3-10,12H,1-2,11,13H2. The van der Waals surface area contributed by atoms with Crippen molar-refractivity contribution in [2.24, 2.45) is 0 Å². The average Bonchev–Trinajstić information content (AvgIpc) is 3.36. The summed E-state index contributed by atoms with van der Waals surface area (Å²) >= 11 is 5.88. The number of oxazole rings is 1. The number of benzene rings is 2. The molecule has 142 valence electrons. The summed E-state index contributed by atoms with van der Waals surface area (Å²) in [5.41, 5.74) is 2.03. The van der Waals surface area contributed by atoms with Gasteiger partial charge in [0.05, 0.1) is 11.8 Å². The van der Waals surface area contributed by atoms with Crippen LogP contribution in [0.15, 0.2) is 59.1 Å². The number of anilines is 1. The highest BCUT2D eigenvalue weighted by molar-refractivity contribution is 6.30. The van der Waals surface area contributed by atoms with E-state index in [2.05, 4.69) is 4.98 Å². The van der Waals surface area contributed by atoms with Gasteiger partial charge in [-0.05, 0) is 55.0 Å². The van der Waals surface area contributed by atoms with Crippen LogP contribution in [0.25, 0.3) is 11.3 Å². The number of hydrogen-bond acceptors (Lipinski definition) is 5. The van der Waals surface area contributed by atoms with Crippen molar-refractivity contribution in [3.05, 3.63) is 71.2 Å². The SMILES string of the molecule is O=C(OCc1ncc(-c2ccc(Cl)cc2)o1)c1ccc(N2CCCC2=O)cc1. The number of nitrogens with zero attached hydrogens (tertiary/aromatic N) is 2. The molecular weight excluding hydrogens is 380 g/mol. The molecule has 3 aromatic rings. The van der Waals surface area contributed by atoms with Crippen molar-refractivity contribution in [1.82, 2.24) is 4.98 Å². The third-order valence-electron chi connectivity index (χ3n) is 4.50. The Morgan fingerprint density at radius 3 is 2.57 bits per heavy atom. The number of aromatic nitrogens is 1. The lowest BCUT2D eigenvalue weighted by Gasteiger charge is -2.15. The van der Waals surface area contributed by atoms with E-state index in [4.69, 9.17) is 20.8 Å². The average molecular weight is 397 g/mol. The lowest BCUT2D eigenvalue weighted by Crippen LogP contribution is -2.23. The van der Waals surface area contributed by atoms with Crippen LogP contribution in [0.2, 0.25) is 5.02 Å². The van der Waals surface area contributed by atoms with Crippen LogP contribution in [0.4, 0.5) is 5.69 Å². The summed E-state index contributed by atoms with van der Waals surface area (Å²) in [5.74, 6) is 0.501. The topological polar surface area (TPSA) is 72.6 Å². The first kappa shape index (κ1) is 18.3. The van der Waals surface area contributed by atoms with E-state index in [-0.39, 0.29) is 12.5 Å². The lowest BCUT2D eigenvalue weighted by molar-refractivity contribution is -0.117. The van der Waals surface area contributed by atoms with E-state index in [0.29, 0.717) is 35.2 Å². The van der Waals surface area contributed by atoms with Gasteiger partial charge in [0.25, 0.3) is 0 Å². The molecule has 0 saturated carbocycles. The molecule has 7 heteroatoms. The molecular formula is C21H17ClN2O4. The maximum absolute atomic E-state index is 12.2. The number of amides is 1. The van der Waals surface area contributed by atoms with Crippen LogP contribution in [0.5, 0.6) is 0 Å². The van der Waals surface area contributed by atoms with E-state index >= 15 is 0 Å². The van der Waals surface area contributed by atoms with Gasteiger partial charge < -0.3 is 14.1 Å². The van der Waals surface area contributed by atoms with Gasteiger partial charge in [-0.15, -0.1) is 0 Å². The van der Waals surface area contributed by atoms with Gasteiger partial charge in [0.2, 0.25) is 11.8 Å². The van der Waals surface area contributed by atoms with Gasteiger partial charge in [0.15, 0.2) is 12.4 Å². The Labute approximate surface area is 166 Å². The first-order valence-electron chi connectivity index (χ1n) is 8.88. The molecule has 0 bridgehead atoms. The third kappa shape index (κ3) is 3.92. The predicted octanol–water partition coefficient (Wildman–Crippen LogP) is 4.48. The Balaban J connectivity index is 1.36. The van der Waals surface area contributed by atoms with Crippen LogP contribution in [0.3, 0.4) is 0 Å². The Morgan fingerprint density at radius 2 is 1.89 bits per heavy atom. The zero-order chi connectivity index (χ0) is 19.5. The normalized spacial score (nSPS) is 13.8. The number of rotatable bonds is 5. The van der Waals surface area contributed by atoms with Crippen molar-refractivity contribution in [3.63, 3.8) is 0 Å². The van der Waals surface area contributed by atoms with Gasteiger partial charge in [-0.3, -0.25) is 4.79 Å². The Hall–Kier alpha value is -3.12. The fourth-order valence-corrected chi connectivity index (χ4v) is 3.16. The van der Waals surface area contributed by atoms with Gasteiger partial charge in [0, 0.05) is 29.2 Å². The van der Waals surface area contributed by atoms with Crippen molar-refractivity contribution >= 4 is 29.2 Å². The van der Waals surface area contributed by atoms with Crippen LogP contribution in [0.1, 0.15) is 29.1 Å². The van der Waals surface area contributed by atoms with Gasteiger partial charge in [-0.25, -0.2) is 9.78 Å². The summed E-state index contributed by atoms with van der Waals surface area (Å²) in [6.07, 6.45) is 3.00. The molecule has 1 aliphatic rings. The largest absolute Gasteiger partial charge is 0.452 e. The summed E-state index contributed by atoms with van der Waals surface area (Å²) in [5, 5.41) is 0.637. The summed E-state index contributed by atoms with van der Waals surface area (Å²) in [6.45, 7) is 0.640. The maximum atomic E-state index is 12.2. The van der Waals surface area contributed by atoms with Crippen LogP contribution in [-0.2, 0) is 16.1 Å². The lowest BCUT2D eigenvalue weighted by atomic mass is 10.2. The number of carbonyl (C=O) groups excluding carboxylic acids is 2. The molecule has 0 spiro atoms. The van der Waals surface area contributed by atoms with E-state index in [9.17, 15) is 9.59 Å². The van der Waals surface area contributed by atoms with E-state index in [1.54, 1.807) is 47.5 Å². The highest BCUT2D eigenvalue weighted by Gasteiger charge is 2.21. The predicted molar refractivity (Wildman–Crippen MR) is 104 cm³/mol. The van der Waals surface area contributed by atoms with Crippen molar-refractivity contribution in [3.8, 4) is 11.3 Å². The zero-order valence-electron chi connectivity index (χ0n) is 14.9. The number of halogens is 1. The second kappa shape index (κ2) is 7.86. The van der Waals surface area contributed by atoms with Crippen molar-refractivity contribution in [1.29, 1.82) is 0 Å². The van der Waals surface area contributed by atoms with Gasteiger partial charge in [-0.1, -0.05) is 11.6 Å². The molecule has 1 aromatic heterocycles. The van der Waals surface area contributed by atoms with Crippen LogP contribution in [-0.4, -0.2) is 23.4 Å².